The number of carboxylic acid groups (broad SMARTS) is 1. The maximum atomic E-state index is 9.54. The maximum absolute atomic E-state index is 9.54. The molecule has 0 aliphatic rings. The summed E-state index contributed by atoms with van der Waals surface area (Å²) in [6.45, 7) is 1.00. The predicted molar refractivity (Wildman–Crippen MR) is 54.5 cm³/mol. The zero-order chi connectivity index (χ0) is 11.3. The van der Waals surface area contributed by atoms with Crippen molar-refractivity contribution in [3.63, 3.8) is 0 Å². The molecule has 1 N–H and O–H groups in total. The first-order valence-corrected chi connectivity index (χ1v) is 4.27. The number of hydrogen-bond donors (Lipinski definition) is 1. The Kier molecular flexibility index (Phi) is 3.62. The van der Waals surface area contributed by atoms with Crippen molar-refractivity contribution in [3.05, 3.63) is 36.6 Å². The summed E-state index contributed by atoms with van der Waals surface area (Å²) < 4.78 is 5.12. The number of furan rings is 1. The third-order valence-electron chi connectivity index (χ3n) is 1.66. The summed E-state index contributed by atoms with van der Waals surface area (Å²) >= 11 is 0. The van der Waals surface area contributed by atoms with Gasteiger partial charge in [0, 0.05) is 12.3 Å². The van der Waals surface area contributed by atoms with E-state index in [4.69, 9.17) is 9.52 Å². The molecule has 78 valence electrons. The van der Waals surface area contributed by atoms with E-state index >= 15 is 0 Å². The average Bonchev–Trinajstić information content (AvgIpc) is 2.66. The minimum Gasteiger partial charge on any atom is -0.476 e. The molecule has 4 heteroatoms. The number of aliphatic carboxylic acids is 1. The fraction of sp³-hybridized carbons (Fsp3) is 0.0909. The number of para-hydroxylation sites is 1. The molecule has 4 nitrogen and oxygen atoms in total. The summed E-state index contributed by atoms with van der Waals surface area (Å²) in [7, 11) is 0. The van der Waals surface area contributed by atoms with Gasteiger partial charge in [0.2, 0.25) is 5.78 Å². The predicted octanol–water partition coefficient (Wildman–Crippen LogP) is 2.09. The van der Waals surface area contributed by atoms with Crippen molar-refractivity contribution in [2.24, 2.45) is 0 Å². The van der Waals surface area contributed by atoms with Crippen molar-refractivity contribution in [2.45, 2.75) is 6.92 Å². The van der Waals surface area contributed by atoms with E-state index in [2.05, 4.69) is 0 Å². The lowest BCUT2D eigenvalue weighted by molar-refractivity contribution is -0.148. The molecule has 0 saturated carbocycles. The number of benzene rings is 1. The van der Waals surface area contributed by atoms with E-state index in [1.807, 2.05) is 30.3 Å². The number of hydrogen-bond acceptors (Lipinski definition) is 3. The van der Waals surface area contributed by atoms with Crippen LogP contribution < -0.4 is 0 Å². The van der Waals surface area contributed by atoms with E-state index in [1.165, 1.54) is 0 Å². The fourth-order valence-corrected chi connectivity index (χ4v) is 0.906. The van der Waals surface area contributed by atoms with Crippen molar-refractivity contribution >= 4 is 22.7 Å². The number of Topliss-reactive ketones (excluding diaryl/α,β-unsaturated/α-hetero) is 1. The maximum Gasteiger partial charge on any atom is 0.371 e. The monoisotopic (exact) mass is 206 g/mol. The number of carbonyl (C=O) groups is 2. The summed E-state index contributed by atoms with van der Waals surface area (Å²) in [6.07, 6.45) is 1.70. The Morgan fingerprint density at radius 1 is 1.20 bits per heavy atom. The summed E-state index contributed by atoms with van der Waals surface area (Å²) in [5, 5.41) is 8.81. The first-order chi connectivity index (χ1) is 7.11. The highest BCUT2D eigenvalue weighted by molar-refractivity contribution is 6.31. The van der Waals surface area contributed by atoms with E-state index in [0.717, 1.165) is 17.9 Å². The van der Waals surface area contributed by atoms with Crippen LogP contribution in [0, 0.1) is 0 Å². The molecule has 1 aromatic carbocycles. The molecule has 0 spiro atoms. The number of rotatable bonds is 1. The summed E-state index contributed by atoms with van der Waals surface area (Å²) in [4.78, 5) is 18.9. The molecule has 0 aliphatic carbocycles. The molecule has 0 radical (unpaired) electrons. The van der Waals surface area contributed by atoms with Gasteiger partial charge >= 0.3 is 5.97 Å². The van der Waals surface area contributed by atoms with E-state index in [0.29, 0.717) is 0 Å². The molecule has 0 aliphatic heterocycles. The Morgan fingerprint density at radius 2 is 1.80 bits per heavy atom. The van der Waals surface area contributed by atoms with E-state index in [1.54, 1.807) is 6.26 Å². The van der Waals surface area contributed by atoms with Gasteiger partial charge in [0.1, 0.15) is 5.58 Å². The Labute approximate surface area is 86.1 Å². The van der Waals surface area contributed by atoms with Gasteiger partial charge in [-0.05, 0) is 12.1 Å². The van der Waals surface area contributed by atoms with Gasteiger partial charge in [-0.25, -0.2) is 4.79 Å². The van der Waals surface area contributed by atoms with Gasteiger partial charge in [0.15, 0.2) is 0 Å². The van der Waals surface area contributed by atoms with Gasteiger partial charge in [0.25, 0.3) is 0 Å². The average molecular weight is 206 g/mol. The zero-order valence-corrected chi connectivity index (χ0v) is 8.14. The topological polar surface area (TPSA) is 67.5 Å². The SMILES string of the molecule is CC(=O)C(=O)O.c1ccc2occc2c1. The van der Waals surface area contributed by atoms with Crippen LogP contribution in [0.1, 0.15) is 6.92 Å². The highest BCUT2D eigenvalue weighted by Crippen LogP contribution is 2.12. The summed E-state index contributed by atoms with van der Waals surface area (Å²) in [5.74, 6) is -2.20. The Morgan fingerprint density at radius 3 is 2.33 bits per heavy atom. The highest BCUT2D eigenvalue weighted by Gasteiger charge is 1.99. The van der Waals surface area contributed by atoms with Crippen LogP contribution in [0.15, 0.2) is 41.0 Å². The van der Waals surface area contributed by atoms with Gasteiger partial charge in [-0.3, -0.25) is 4.79 Å². The Balaban J connectivity index is 0.000000167. The van der Waals surface area contributed by atoms with Crippen LogP contribution in [0.5, 0.6) is 0 Å². The first kappa shape index (κ1) is 11.0. The van der Waals surface area contributed by atoms with Gasteiger partial charge in [0.05, 0.1) is 6.26 Å². The first-order valence-electron chi connectivity index (χ1n) is 4.27. The van der Waals surface area contributed by atoms with Crippen molar-refractivity contribution < 1.29 is 19.1 Å². The van der Waals surface area contributed by atoms with E-state index < -0.39 is 11.8 Å². The van der Waals surface area contributed by atoms with E-state index in [9.17, 15) is 9.59 Å². The second kappa shape index (κ2) is 4.95. The molecular formula is C11H10O4. The van der Waals surface area contributed by atoms with Crippen molar-refractivity contribution in [3.8, 4) is 0 Å². The largest absolute Gasteiger partial charge is 0.476 e. The molecule has 2 rings (SSSR count). The molecule has 1 heterocycles. The Bertz CT molecular complexity index is 428. The molecule has 0 unspecified atom stereocenters. The van der Waals surface area contributed by atoms with Crippen LogP contribution >= 0.6 is 0 Å². The van der Waals surface area contributed by atoms with Gasteiger partial charge in [-0.2, -0.15) is 0 Å². The third kappa shape index (κ3) is 3.27. The molecular weight excluding hydrogens is 196 g/mol. The molecule has 2 aromatic rings. The standard InChI is InChI=1S/C8H6O.C3H4O3/c1-2-4-8-7(3-1)5-6-9-8;1-2(4)3(5)6/h1-6H;1H3,(H,5,6). The van der Waals surface area contributed by atoms with Crippen molar-refractivity contribution in [1.29, 1.82) is 0 Å². The third-order valence-corrected chi connectivity index (χ3v) is 1.66. The van der Waals surface area contributed by atoms with Crippen LogP contribution in [0.4, 0.5) is 0 Å². The molecule has 0 saturated heterocycles. The minimum absolute atomic E-state index is 0.824. The molecule has 1 aromatic heterocycles. The number of carbonyl (C=O) groups excluding carboxylic acids is 1. The summed E-state index contributed by atoms with van der Waals surface area (Å²) in [6, 6.07) is 9.90. The normalized spacial score (nSPS) is 9.13. The van der Waals surface area contributed by atoms with Crippen molar-refractivity contribution in [1.82, 2.24) is 0 Å². The lowest BCUT2D eigenvalue weighted by Gasteiger charge is -1.81. The smallest absolute Gasteiger partial charge is 0.371 e. The summed E-state index contributed by atoms with van der Waals surface area (Å²) in [5.41, 5.74) is 0.956. The zero-order valence-electron chi connectivity index (χ0n) is 8.14. The molecule has 0 bridgehead atoms. The molecule has 0 fully saturated rings. The number of carboxylic acids is 1. The van der Waals surface area contributed by atoms with Gasteiger partial charge < -0.3 is 9.52 Å². The number of fused-ring (bicyclic) bond motifs is 1. The van der Waals surface area contributed by atoms with Crippen molar-refractivity contribution in [2.75, 3.05) is 0 Å². The molecule has 0 atom stereocenters. The Hall–Kier alpha value is -2.10. The molecule has 15 heavy (non-hydrogen) atoms. The van der Waals surface area contributed by atoms with Crippen LogP contribution in [0.25, 0.3) is 11.0 Å². The fourth-order valence-electron chi connectivity index (χ4n) is 0.906. The van der Waals surface area contributed by atoms with Crippen LogP contribution in [0.2, 0.25) is 0 Å². The van der Waals surface area contributed by atoms with Crippen LogP contribution in [0.3, 0.4) is 0 Å². The lowest BCUT2D eigenvalue weighted by atomic mass is 10.3. The lowest BCUT2D eigenvalue weighted by Crippen LogP contribution is -2.05. The van der Waals surface area contributed by atoms with Crippen LogP contribution in [-0.4, -0.2) is 16.9 Å². The second-order valence-corrected chi connectivity index (χ2v) is 2.82. The van der Waals surface area contributed by atoms with Crippen LogP contribution in [-0.2, 0) is 9.59 Å². The number of ketones is 1. The minimum atomic E-state index is -1.38. The van der Waals surface area contributed by atoms with Gasteiger partial charge in [-0.1, -0.05) is 18.2 Å². The highest BCUT2D eigenvalue weighted by atomic mass is 16.4. The molecule has 0 amide bonds. The van der Waals surface area contributed by atoms with Gasteiger partial charge in [-0.15, -0.1) is 0 Å². The quantitative estimate of drug-likeness (QED) is 0.725. The van der Waals surface area contributed by atoms with E-state index in [-0.39, 0.29) is 0 Å². The second-order valence-electron chi connectivity index (χ2n) is 2.82.